The van der Waals surface area contributed by atoms with E-state index in [1.165, 1.54) is 7.11 Å². The fourth-order valence-electron chi connectivity index (χ4n) is 1.39. The van der Waals surface area contributed by atoms with Crippen LogP contribution in [0.15, 0.2) is 0 Å². The summed E-state index contributed by atoms with van der Waals surface area (Å²) in [5, 5.41) is 0. The molecular weight excluding hydrogens is 220 g/mol. The number of methoxy groups -OCH3 is 1. The summed E-state index contributed by atoms with van der Waals surface area (Å²) in [6.45, 7) is 0. The Hall–Kier alpha value is -0.660. The molecule has 1 saturated carbocycles. The molecule has 0 saturated heterocycles. The van der Waals surface area contributed by atoms with Crippen LogP contribution in [0.2, 0.25) is 0 Å². The van der Waals surface area contributed by atoms with E-state index in [1.54, 1.807) is 0 Å². The number of rotatable bonds is 5. The molecular formula is C8H16N2O4S. The quantitative estimate of drug-likeness (QED) is 0.594. The summed E-state index contributed by atoms with van der Waals surface area (Å²) in [7, 11) is -2.15. The molecule has 0 aliphatic heterocycles. The van der Waals surface area contributed by atoms with E-state index in [-0.39, 0.29) is 24.3 Å². The van der Waals surface area contributed by atoms with Crippen molar-refractivity contribution in [3.63, 3.8) is 0 Å². The summed E-state index contributed by atoms with van der Waals surface area (Å²) in [4.78, 5) is 10.7. The van der Waals surface area contributed by atoms with Gasteiger partial charge in [-0.05, 0) is 12.8 Å². The lowest BCUT2D eigenvalue weighted by Crippen LogP contribution is -2.50. The molecule has 88 valence electrons. The molecule has 0 radical (unpaired) electrons. The van der Waals surface area contributed by atoms with Crippen LogP contribution >= 0.6 is 0 Å². The van der Waals surface area contributed by atoms with Crippen molar-refractivity contribution in [1.82, 2.24) is 4.72 Å². The van der Waals surface area contributed by atoms with Gasteiger partial charge in [0.25, 0.3) is 0 Å². The van der Waals surface area contributed by atoms with Crippen LogP contribution in [0.5, 0.6) is 0 Å². The van der Waals surface area contributed by atoms with Crippen LogP contribution < -0.4 is 10.5 Å². The SMILES string of the molecule is COC(=O)CCS(=O)(=O)NC1CC(N)C1. The van der Waals surface area contributed by atoms with Crippen LogP contribution in [0, 0.1) is 0 Å². The molecule has 1 fully saturated rings. The first kappa shape index (κ1) is 12.4. The average Bonchev–Trinajstić information content (AvgIpc) is 2.11. The maximum atomic E-state index is 11.4. The van der Waals surface area contributed by atoms with E-state index >= 15 is 0 Å². The number of carbonyl (C=O) groups excluding carboxylic acids is 1. The summed E-state index contributed by atoms with van der Waals surface area (Å²) in [5.41, 5.74) is 5.52. The molecule has 3 N–H and O–H groups in total. The second-order valence-electron chi connectivity index (χ2n) is 3.69. The monoisotopic (exact) mass is 236 g/mol. The maximum absolute atomic E-state index is 11.4. The molecule has 0 heterocycles. The lowest BCUT2D eigenvalue weighted by molar-refractivity contribution is -0.140. The highest BCUT2D eigenvalue weighted by Gasteiger charge is 2.29. The highest BCUT2D eigenvalue weighted by molar-refractivity contribution is 7.89. The molecule has 0 bridgehead atoms. The third kappa shape index (κ3) is 4.15. The molecule has 0 amide bonds. The third-order valence-corrected chi connectivity index (χ3v) is 3.76. The number of nitrogens with two attached hydrogens (primary N) is 1. The van der Waals surface area contributed by atoms with E-state index in [4.69, 9.17) is 5.73 Å². The van der Waals surface area contributed by atoms with E-state index < -0.39 is 16.0 Å². The Bertz CT molecular complexity index is 322. The summed E-state index contributed by atoms with van der Waals surface area (Å²) in [5.74, 6) is -0.753. The largest absolute Gasteiger partial charge is 0.469 e. The van der Waals surface area contributed by atoms with Crippen molar-refractivity contribution in [2.75, 3.05) is 12.9 Å². The van der Waals surface area contributed by atoms with Crippen LogP contribution in [-0.2, 0) is 19.6 Å². The fourth-order valence-corrected chi connectivity index (χ4v) is 2.64. The van der Waals surface area contributed by atoms with E-state index in [9.17, 15) is 13.2 Å². The first-order valence-corrected chi connectivity index (χ1v) is 6.40. The van der Waals surface area contributed by atoms with Crippen molar-refractivity contribution in [1.29, 1.82) is 0 Å². The van der Waals surface area contributed by atoms with Crippen LogP contribution in [0.1, 0.15) is 19.3 Å². The van der Waals surface area contributed by atoms with Gasteiger partial charge in [0.1, 0.15) is 0 Å². The van der Waals surface area contributed by atoms with Gasteiger partial charge in [0.15, 0.2) is 0 Å². The van der Waals surface area contributed by atoms with Crippen LogP contribution in [0.4, 0.5) is 0 Å². The zero-order chi connectivity index (χ0) is 11.5. The fraction of sp³-hybridized carbons (Fsp3) is 0.875. The lowest BCUT2D eigenvalue weighted by Gasteiger charge is -2.32. The number of carbonyl (C=O) groups is 1. The standard InChI is InChI=1S/C8H16N2O4S/c1-14-8(11)2-3-15(12,13)10-7-4-6(9)5-7/h6-7,10H,2-5,9H2,1H3. The summed E-state index contributed by atoms with van der Waals surface area (Å²) in [6, 6.07) is 0.0287. The topological polar surface area (TPSA) is 98.5 Å². The zero-order valence-electron chi connectivity index (χ0n) is 8.60. The van der Waals surface area contributed by atoms with Gasteiger partial charge in [0, 0.05) is 12.1 Å². The predicted molar refractivity (Wildman–Crippen MR) is 54.6 cm³/mol. The Balaban J connectivity index is 2.29. The Labute approximate surface area is 89.2 Å². The normalized spacial score (nSPS) is 25.7. The molecule has 1 aliphatic carbocycles. The molecule has 0 spiro atoms. The molecule has 6 nitrogen and oxygen atoms in total. The van der Waals surface area contributed by atoms with E-state index in [0.717, 1.165) is 0 Å². The number of sulfonamides is 1. The number of esters is 1. The minimum absolute atomic E-state index is 0.0670. The van der Waals surface area contributed by atoms with Crippen molar-refractivity contribution in [2.24, 2.45) is 5.73 Å². The van der Waals surface area contributed by atoms with Gasteiger partial charge in [-0.1, -0.05) is 0 Å². The minimum atomic E-state index is -3.38. The smallest absolute Gasteiger partial charge is 0.306 e. The lowest BCUT2D eigenvalue weighted by atomic mass is 9.89. The predicted octanol–water partition coefficient (Wildman–Crippen LogP) is -1.04. The van der Waals surface area contributed by atoms with Crippen molar-refractivity contribution >= 4 is 16.0 Å². The van der Waals surface area contributed by atoms with Gasteiger partial charge in [-0.25, -0.2) is 13.1 Å². The van der Waals surface area contributed by atoms with Crippen molar-refractivity contribution in [3.05, 3.63) is 0 Å². The summed E-state index contributed by atoms with van der Waals surface area (Å²) in [6.07, 6.45) is 1.21. The molecule has 15 heavy (non-hydrogen) atoms. The van der Waals surface area contributed by atoms with Crippen LogP contribution in [0.25, 0.3) is 0 Å². The molecule has 0 unspecified atom stereocenters. The Morgan fingerprint density at radius 2 is 2.13 bits per heavy atom. The Kier molecular flexibility index (Phi) is 4.06. The number of hydrogen-bond donors (Lipinski definition) is 2. The summed E-state index contributed by atoms with van der Waals surface area (Å²) < 4.78 is 29.6. The first-order chi connectivity index (χ1) is 6.93. The van der Waals surface area contributed by atoms with E-state index in [1.807, 2.05) is 0 Å². The minimum Gasteiger partial charge on any atom is -0.469 e. The van der Waals surface area contributed by atoms with Gasteiger partial charge < -0.3 is 10.5 Å². The van der Waals surface area contributed by atoms with Gasteiger partial charge >= 0.3 is 5.97 Å². The van der Waals surface area contributed by atoms with Gasteiger partial charge in [0.05, 0.1) is 19.3 Å². The molecule has 0 aromatic heterocycles. The van der Waals surface area contributed by atoms with Crippen LogP contribution in [-0.4, -0.2) is 39.3 Å². The van der Waals surface area contributed by atoms with Gasteiger partial charge in [-0.3, -0.25) is 4.79 Å². The summed E-state index contributed by atoms with van der Waals surface area (Å²) >= 11 is 0. The Morgan fingerprint density at radius 1 is 1.53 bits per heavy atom. The van der Waals surface area contributed by atoms with Crippen molar-refractivity contribution < 1.29 is 17.9 Å². The molecule has 0 atom stereocenters. The van der Waals surface area contributed by atoms with Gasteiger partial charge in [0.2, 0.25) is 10.0 Å². The zero-order valence-corrected chi connectivity index (χ0v) is 9.42. The van der Waals surface area contributed by atoms with Crippen LogP contribution in [0.3, 0.4) is 0 Å². The van der Waals surface area contributed by atoms with E-state index in [2.05, 4.69) is 9.46 Å². The molecule has 7 heteroatoms. The number of ether oxygens (including phenoxy) is 1. The molecule has 0 aromatic carbocycles. The number of nitrogens with one attached hydrogen (secondary N) is 1. The van der Waals surface area contributed by atoms with Gasteiger partial charge in [-0.15, -0.1) is 0 Å². The average molecular weight is 236 g/mol. The molecule has 0 aromatic rings. The highest BCUT2D eigenvalue weighted by atomic mass is 32.2. The maximum Gasteiger partial charge on any atom is 0.306 e. The van der Waals surface area contributed by atoms with E-state index in [0.29, 0.717) is 12.8 Å². The molecule has 1 rings (SSSR count). The highest BCUT2D eigenvalue weighted by Crippen LogP contribution is 2.18. The Morgan fingerprint density at radius 3 is 2.60 bits per heavy atom. The second-order valence-corrected chi connectivity index (χ2v) is 5.56. The first-order valence-electron chi connectivity index (χ1n) is 4.75. The van der Waals surface area contributed by atoms with Gasteiger partial charge in [-0.2, -0.15) is 0 Å². The van der Waals surface area contributed by atoms with Crippen molar-refractivity contribution in [2.45, 2.75) is 31.3 Å². The van der Waals surface area contributed by atoms with Crippen molar-refractivity contribution in [3.8, 4) is 0 Å². The number of hydrogen-bond acceptors (Lipinski definition) is 5. The second kappa shape index (κ2) is 4.91. The molecule has 1 aliphatic rings. The third-order valence-electron chi connectivity index (χ3n) is 2.32.